The van der Waals surface area contributed by atoms with Crippen molar-refractivity contribution < 1.29 is 9.47 Å². The van der Waals surface area contributed by atoms with E-state index in [1.807, 2.05) is 18.2 Å². The molecule has 0 saturated carbocycles. The zero-order valence-electron chi connectivity index (χ0n) is 15.5. The lowest BCUT2D eigenvalue weighted by Gasteiger charge is -2.33. The highest BCUT2D eigenvalue weighted by molar-refractivity contribution is 7.17. The van der Waals surface area contributed by atoms with E-state index in [-0.39, 0.29) is 5.28 Å². The molecule has 0 aliphatic carbocycles. The zero-order chi connectivity index (χ0) is 19.0. The zero-order valence-corrected chi connectivity index (χ0v) is 17.1. The number of nitrogens with zero attached hydrogens (tertiary/aromatic N) is 4. The molecule has 6 nitrogen and oxygen atoms in total. The van der Waals surface area contributed by atoms with E-state index in [2.05, 4.69) is 32.2 Å². The number of hydrogen-bond donors (Lipinski definition) is 0. The number of thiophene rings is 1. The number of anilines is 1. The first-order chi connectivity index (χ1) is 13.1. The van der Waals surface area contributed by atoms with Crippen LogP contribution in [0.15, 0.2) is 23.6 Å². The van der Waals surface area contributed by atoms with Gasteiger partial charge < -0.3 is 19.3 Å². The Labute approximate surface area is 167 Å². The predicted molar refractivity (Wildman–Crippen MR) is 111 cm³/mol. The molecule has 0 radical (unpaired) electrons. The van der Waals surface area contributed by atoms with Crippen LogP contribution in [0, 0.1) is 0 Å². The van der Waals surface area contributed by atoms with Gasteiger partial charge in [-0.25, -0.2) is 4.98 Å². The van der Waals surface area contributed by atoms with Gasteiger partial charge in [-0.3, -0.25) is 0 Å². The Morgan fingerprint density at radius 2 is 1.78 bits per heavy atom. The van der Waals surface area contributed by atoms with Crippen molar-refractivity contribution in [2.24, 2.45) is 0 Å². The van der Waals surface area contributed by atoms with Crippen molar-refractivity contribution in [3.8, 4) is 22.6 Å². The van der Waals surface area contributed by atoms with Crippen molar-refractivity contribution in [3.05, 3.63) is 28.9 Å². The molecule has 1 aliphatic heterocycles. The summed E-state index contributed by atoms with van der Waals surface area (Å²) in [5.74, 6) is 2.31. The van der Waals surface area contributed by atoms with Crippen LogP contribution in [0.4, 0.5) is 5.82 Å². The summed E-state index contributed by atoms with van der Waals surface area (Å²) in [6, 6.07) is 5.94. The largest absolute Gasteiger partial charge is 0.493 e. The van der Waals surface area contributed by atoms with Crippen LogP contribution < -0.4 is 14.4 Å². The average molecular weight is 405 g/mol. The van der Waals surface area contributed by atoms with Gasteiger partial charge in [0.1, 0.15) is 10.6 Å². The molecule has 8 heteroatoms. The summed E-state index contributed by atoms with van der Waals surface area (Å²) in [5.41, 5.74) is 2.13. The third-order valence-electron chi connectivity index (χ3n) is 4.88. The molecule has 1 fully saturated rings. The van der Waals surface area contributed by atoms with Crippen molar-refractivity contribution in [1.82, 2.24) is 14.9 Å². The van der Waals surface area contributed by atoms with Gasteiger partial charge in [-0.1, -0.05) is 6.07 Å². The van der Waals surface area contributed by atoms with E-state index in [0.29, 0.717) is 11.5 Å². The summed E-state index contributed by atoms with van der Waals surface area (Å²) in [6.07, 6.45) is 0. The second kappa shape index (κ2) is 7.50. The summed E-state index contributed by atoms with van der Waals surface area (Å²) in [7, 11) is 5.42. The summed E-state index contributed by atoms with van der Waals surface area (Å²) in [4.78, 5) is 14.6. The number of likely N-dealkylation sites (N-methyl/N-ethyl adjacent to an activating group) is 1. The van der Waals surface area contributed by atoms with Gasteiger partial charge in [0.25, 0.3) is 0 Å². The lowest BCUT2D eigenvalue weighted by molar-refractivity contribution is 0.312. The Bertz CT molecular complexity index is 970. The molecule has 4 rings (SSSR count). The molecule has 0 N–H and O–H groups in total. The van der Waals surface area contributed by atoms with Crippen molar-refractivity contribution in [3.63, 3.8) is 0 Å². The monoisotopic (exact) mass is 404 g/mol. The van der Waals surface area contributed by atoms with Crippen molar-refractivity contribution in [2.45, 2.75) is 0 Å². The van der Waals surface area contributed by atoms with E-state index in [4.69, 9.17) is 21.1 Å². The first-order valence-corrected chi connectivity index (χ1v) is 9.97. The molecule has 2 aromatic heterocycles. The van der Waals surface area contributed by atoms with E-state index in [1.54, 1.807) is 25.6 Å². The molecule has 0 spiro atoms. The second-order valence-electron chi connectivity index (χ2n) is 6.51. The highest BCUT2D eigenvalue weighted by Gasteiger charge is 2.22. The summed E-state index contributed by atoms with van der Waals surface area (Å²) >= 11 is 7.81. The number of methoxy groups -OCH3 is 2. The number of ether oxygens (including phenoxy) is 2. The Hall–Kier alpha value is -2.09. The molecule has 142 valence electrons. The van der Waals surface area contributed by atoms with E-state index >= 15 is 0 Å². The van der Waals surface area contributed by atoms with Gasteiger partial charge in [0.15, 0.2) is 11.5 Å². The molecular weight excluding hydrogens is 384 g/mol. The maximum Gasteiger partial charge on any atom is 0.225 e. The molecule has 1 aromatic carbocycles. The molecule has 3 heterocycles. The van der Waals surface area contributed by atoms with E-state index in [0.717, 1.165) is 53.3 Å². The summed E-state index contributed by atoms with van der Waals surface area (Å²) in [5, 5.41) is 3.44. The van der Waals surface area contributed by atoms with Crippen LogP contribution in [0.1, 0.15) is 0 Å². The highest BCUT2D eigenvalue weighted by Crippen LogP contribution is 2.41. The minimum Gasteiger partial charge on any atom is -0.493 e. The van der Waals surface area contributed by atoms with Gasteiger partial charge >= 0.3 is 0 Å². The number of hydrogen-bond acceptors (Lipinski definition) is 7. The van der Waals surface area contributed by atoms with E-state index < -0.39 is 0 Å². The first kappa shape index (κ1) is 18.3. The van der Waals surface area contributed by atoms with Crippen LogP contribution in [-0.4, -0.2) is 62.3 Å². The van der Waals surface area contributed by atoms with Crippen LogP contribution >= 0.6 is 22.9 Å². The lowest BCUT2D eigenvalue weighted by Crippen LogP contribution is -2.44. The second-order valence-corrected chi connectivity index (χ2v) is 7.70. The number of rotatable bonds is 4. The lowest BCUT2D eigenvalue weighted by atomic mass is 10.0. The SMILES string of the molecule is COc1ccc(-c2csc3nc(Cl)nc(N4CCN(C)CC4)c23)cc1OC. The number of aromatic nitrogens is 2. The topological polar surface area (TPSA) is 50.7 Å². The Morgan fingerprint density at radius 1 is 1.04 bits per heavy atom. The molecule has 0 unspecified atom stereocenters. The Balaban J connectivity index is 1.85. The number of fused-ring (bicyclic) bond motifs is 1. The fourth-order valence-electron chi connectivity index (χ4n) is 3.36. The summed E-state index contributed by atoms with van der Waals surface area (Å²) in [6.45, 7) is 3.83. The van der Waals surface area contributed by atoms with Crippen LogP contribution in [-0.2, 0) is 0 Å². The van der Waals surface area contributed by atoms with Crippen LogP contribution in [0.25, 0.3) is 21.3 Å². The third kappa shape index (κ3) is 3.42. The Morgan fingerprint density at radius 3 is 2.48 bits per heavy atom. The smallest absolute Gasteiger partial charge is 0.225 e. The highest BCUT2D eigenvalue weighted by atomic mass is 35.5. The quantitative estimate of drug-likeness (QED) is 0.617. The molecule has 0 amide bonds. The van der Waals surface area contributed by atoms with Crippen LogP contribution in [0.2, 0.25) is 5.28 Å². The van der Waals surface area contributed by atoms with Crippen molar-refractivity contribution in [2.75, 3.05) is 52.3 Å². The van der Waals surface area contributed by atoms with Gasteiger partial charge in [-0.15, -0.1) is 11.3 Å². The van der Waals surface area contributed by atoms with Gasteiger partial charge in [-0.05, 0) is 36.3 Å². The van der Waals surface area contributed by atoms with Crippen molar-refractivity contribution >= 4 is 39.0 Å². The Kier molecular flexibility index (Phi) is 5.08. The normalized spacial score (nSPS) is 15.3. The molecule has 0 atom stereocenters. The fourth-order valence-corrected chi connectivity index (χ4v) is 4.52. The minimum absolute atomic E-state index is 0.289. The maximum absolute atomic E-state index is 6.23. The third-order valence-corrected chi connectivity index (χ3v) is 5.93. The van der Waals surface area contributed by atoms with Gasteiger partial charge in [-0.2, -0.15) is 4.98 Å². The maximum atomic E-state index is 6.23. The van der Waals surface area contributed by atoms with Gasteiger partial charge in [0, 0.05) is 37.1 Å². The fraction of sp³-hybridized carbons (Fsp3) is 0.368. The molecule has 3 aromatic rings. The van der Waals surface area contributed by atoms with Gasteiger partial charge in [0.2, 0.25) is 5.28 Å². The molecular formula is C19H21ClN4O2S. The molecule has 1 aliphatic rings. The molecule has 27 heavy (non-hydrogen) atoms. The van der Waals surface area contributed by atoms with E-state index in [1.165, 1.54) is 0 Å². The summed E-state index contributed by atoms with van der Waals surface area (Å²) < 4.78 is 10.8. The minimum atomic E-state index is 0.289. The first-order valence-electron chi connectivity index (χ1n) is 8.71. The standard InChI is InChI=1S/C19H21ClN4O2S/c1-23-6-8-24(9-7-23)17-16-13(11-27-18(16)22-19(20)21-17)12-4-5-14(25-2)15(10-12)26-3/h4-5,10-11H,6-9H2,1-3H3. The number of piperazine rings is 1. The molecule has 1 saturated heterocycles. The van der Waals surface area contributed by atoms with Gasteiger partial charge in [0.05, 0.1) is 19.6 Å². The average Bonchev–Trinajstić information content (AvgIpc) is 3.11. The number of benzene rings is 1. The van der Waals surface area contributed by atoms with Crippen LogP contribution in [0.3, 0.4) is 0 Å². The predicted octanol–water partition coefficient (Wildman–Crippen LogP) is 3.78. The molecule has 0 bridgehead atoms. The van der Waals surface area contributed by atoms with Crippen LogP contribution in [0.5, 0.6) is 11.5 Å². The van der Waals surface area contributed by atoms with Crippen molar-refractivity contribution in [1.29, 1.82) is 0 Å². The van der Waals surface area contributed by atoms with E-state index in [9.17, 15) is 0 Å². The number of halogens is 1.